The molecule has 0 aliphatic heterocycles. The van der Waals surface area contributed by atoms with Gasteiger partial charge < -0.3 is 23.9 Å². The molecular weight excluding hydrogens is 334 g/mol. The van der Waals surface area contributed by atoms with Crippen molar-refractivity contribution in [2.75, 3.05) is 20.7 Å². The number of furan rings is 1. The maximum absolute atomic E-state index is 12.3. The number of carbonyl (C=O) groups excluding carboxylic acids is 2. The van der Waals surface area contributed by atoms with E-state index >= 15 is 0 Å². The minimum atomic E-state index is -0.315. The summed E-state index contributed by atoms with van der Waals surface area (Å²) < 4.78 is 12.1. The van der Waals surface area contributed by atoms with E-state index in [1.54, 1.807) is 49.1 Å². The number of nitrogens with one attached hydrogen (secondary N) is 1. The van der Waals surface area contributed by atoms with Gasteiger partial charge in [-0.1, -0.05) is 12.1 Å². The van der Waals surface area contributed by atoms with E-state index in [0.717, 1.165) is 16.8 Å². The SMILES string of the molecule is COc1ccc(CN(C)C(=O)CNC(=O)c2cc3occc3n2C)cc1. The van der Waals surface area contributed by atoms with Gasteiger partial charge >= 0.3 is 0 Å². The molecule has 1 N–H and O–H groups in total. The van der Waals surface area contributed by atoms with E-state index in [0.29, 0.717) is 17.8 Å². The lowest BCUT2D eigenvalue weighted by Gasteiger charge is -2.18. The van der Waals surface area contributed by atoms with Crippen molar-refractivity contribution >= 4 is 22.9 Å². The number of aromatic nitrogens is 1. The fraction of sp³-hybridized carbons (Fsp3) is 0.263. The van der Waals surface area contributed by atoms with Gasteiger partial charge in [0.15, 0.2) is 5.58 Å². The molecule has 2 heterocycles. The van der Waals surface area contributed by atoms with Crippen LogP contribution >= 0.6 is 0 Å². The van der Waals surface area contributed by atoms with Crippen LogP contribution in [0.4, 0.5) is 0 Å². The topological polar surface area (TPSA) is 76.7 Å². The molecule has 0 bridgehead atoms. The molecule has 0 aliphatic carbocycles. The van der Waals surface area contributed by atoms with E-state index in [-0.39, 0.29) is 18.4 Å². The number of benzene rings is 1. The number of carbonyl (C=O) groups is 2. The van der Waals surface area contributed by atoms with Crippen LogP contribution in [-0.4, -0.2) is 42.0 Å². The van der Waals surface area contributed by atoms with Gasteiger partial charge in [-0.15, -0.1) is 0 Å². The first-order valence-electron chi connectivity index (χ1n) is 8.17. The van der Waals surface area contributed by atoms with Crippen LogP contribution in [0.1, 0.15) is 16.1 Å². The molecule has 0 atom stereocenters. The van der Waals surface area contributed by atoms with Crippen LogP contribution in [0.3, 0.4) is 0 Å². The lowest BCUT2D eigenvalue weighted by atomic mass is 10.2. The van der Waals surface area contributed by atoms with Gasteiger partial charge in [0, 0.05) is 32.8 Å². The van der Waals surface area contributed by atoms with E-state index in [1.165, 1.54) is 0 Å². The number of rotatable bonds is 6. The van der Waals surface area contributed by atoms with Crippen molar-refractivity contribution in [3.63, 3.8) is 0 Å². The van der Waals surface area contributed by atoms with Gasteiger partial charge in [0.25, 0.3) is 5.91 Å². The van der Waals surface area contributed by atoms with Crippen molar-refractivity contribution in [2.24, 2.45) is 7.05 Å². The molecule has 0 fully saturated rings. The number of methoxy groups -OCH3 is 1. The quantitative estimate of drug-likeness (QED) is 0.735. The van der Waals surface area contributed by atoms with Crippen LogP contribution in [0.15, 0.2) is 47.1 Å². The Labute approximate surface area is 151 Å². The molecule has 0 spiro atoms. The Balaban J connectivity index is 1.56. The molecule has 7 nitrogen and oxygen atoms in total. The molecule has 3 rings (SSSR count). The first-order chi connectivity index (χ1) is 12.5. The largest absolute Gasteiger partial charge is 0.497 e. The maximum atomic E-state index is 12.3. The first kappa shape index (κ1) is 17.6. The second-order valence-corrected chi connectivity index (χ2v) is 6.04. The Hall–Kier alpha value is -3.22. The molecule has 7 heteroatoms. The van der Waals surface area contributed by atoms with Crippen LogP contribution in [-0.2, 0) is 18.4 Å². The minimum absolute atomic E-state index is 0.0714. The van der Waals surface area contributed by atoms with E-state index in [4.69, 9.17) is 9.15 Å². The predicted molar refractivity (Wildman–Crippen MR) is 97.0 cm³/mol. The molecule has 1 aromatic carbocycles. The molecule has 0 saturated carbocycles. The van der Waals surface area contributed by atoms with E-state index in [9.17, 15) is 9.59 Å². The van der Waals surface area contributed by atoms with Crippen LogP contribution < -0.4 is 10.1 Å². The normalized spacial score (nSPS) is 10.7. The van der Waals surface area contributed by atoms with Crippen LogP contribution in [0, 0.1) is 0 Å². The molecule has 0 aliphatic rings. The third kappa shape index (κ3) is 3.56. The average molecular weight is 355 g/mol. The van der Waals surface area contributed by atoms with Crippen molar-refractivity contribution < 1.29 is 18.7 Å². The molecule has 3 aromatic rings. The monoisotopic (exact) mass is 355 g/mol. The molecule has 136 valence electrons. The summed E-state index contributed by atoms with van der Waals surface area (Å²) >= 11 is 0. The van der Waals surface area contributed by atoms with Gasteiger partial charge in [0.1, 0.15) is 11.4 Å². The summed E-state index contributed by atoms with van der Waals surface area (Å²) in [6, 6.07) is 11.0. The lowest BCUT2D eigenvalue weighted by molar-refractivity contribution is -0.129. The zero-order chi connectivity index (χ0) is 18.7. The van der Waals surface area contributed by atoms with Crippen molar-refractivity contribution in [3.05, 3.63) is 53.9 Å². The van der Waals surface area contributed by atoms with Crippen LogP contribution in [0.5, 0.6) is 5.75 Å². The van der Waals surface area contributed by atoms with E-state index in [2.05, 4.69) is 5.32 Å². The highest BCUT2D eigenvalue weighted by molar-refractivity contribution is 5.99. The number of fused-ring (bicyclic) bond motifs is 1. The molecule has 2 aromatic heterocycles. The predicted octanol–water partition coefficient (Wildman–Crippen LogP) is 2.17. The van der Waals surface area contributed by atoms with Gasteiger partial charge in [0.2, 0.25) is 5.91 Å². The van der Waals surface area contributed by atoms with E-state index in [1.807, 2.05) is 24.3 Å². The zero-order valence-electron chi connectivity index (χ0n) is 15.0. The van der Waals surface area contributed by atoms with Gasteiger partial charge in [0.05, 0.1) is 25.4 Å². The standard InChI is InChI=1S/C19H21N3O4/c1-21(12-13-4-6-14(25-3)7-5-13)18(23)11-20-19(24)16-10-17-15(22(16)2)8-9-26-17/h4-10H,11-12H2,1-3H3,(H,20,24). The highest BCUT2D eigenvalue weighted by atomic mass is 16.5. The van der Waals surface area contributed by atoms with Crippen molar-refractivity contribution in [1.82, 2.24) is 14.8 Å². The Bertz CT molecular complexity index is 924. The molecule has 0 saturated heterocycles. The summed E-state index contributed by atoms with van der Waals surface area (Å²) in [5.41, 5.74) is 2.90. The number of hydrogen-bond acceptors (Lipinski definition) is 4. The summed E-state index contributed by atoms with van der Waals surface area (Å²) in [5.74, 6) is 0.278. The second-order valence-electron chi connectivity index (χ2n) is 6.04. The number of aryl methyl sites for hydroxylation is 1. The highest BCUT2D eigenvalue weighted by Crippen LogP contribution is 2.19. The van der Waals surface area contributed by atoms with Crippen molar-refractivity contribution in [2.45, 2.75) is 6.54 Å². The summed E-state index contributed by atoms with van der Waals surface area (Å²) in [5, 5.41) is 2.66. The minimum Gasteiger partial charge on any atom is -0.497 e. The number of likely N-dealkylation sites (N-methyl/N-ethyl adjacent to an activating group) is 1. The highest BCUT2D eigenvalue weighted by Gasteiger charge is 2.17. The van der Waals surface area contributed by atoms with Gasteiger partial charge in [-0.2, -0.15) is 0 Å². The molecule has 0 radical (unpaired) electrons. The summed E-state index contributed by atoms with van der Waals surface area (Å²) in [7, 11) is 5.09. The fourth-order valence-electron chi connectivity index (χ4n) is 2.74. The third-order valence-corrected chi connectivity index (χ3v) is 4.30. The molecule has 0 unspecified atom stereocenters. The number of amides is 2. The number of ether oxygens (including phenoxy) is 1. The Morgan fingerprint density at radius 1 is 1.23 bits per heavy atom. The molecular formula is C19H21N3O4. The summed E-state index contributed by atoms with van der Waals surface area (Å²) in [6.45, 7) is 0.383. The summed E-state index contributed by atoms with van der Waals surface area (Å²) in [4.78, 5) is 26.2. The van der Waals surface area contributed by atoms with Gasteiger partial charge in [-0.3, -0.25) is 9.59 Å². The second kappa shape index (κ2) is 7.35. The van der Waals surface area contributed by atoms with E-state index < -0.39 is 0 Å². The van der Waals surface area contributed by atoms with Crippen molar-refractivity contribution in [1.29, 1.82) is 0 Å². The van der Waals surface area contributed by atoms with Gasteiger partial charge in [-0.25, -0.2) is 0 Å². The van der Waals surface area contributed by atoms with Crippen LogP contribution in [0.25, 0.3) is 11.1 Å². The maximum Gasteiger partial charge on any atom is 0.268 e. The third-order valence-electron chi connectivity index (χ3n) is 4.30. The lowest BCUT2D eigenvalue weighted by Crippen LogP contribution is -2.38. The Morgan fingerprint density at radius 2 is 1.96 bits per heavy atom. The van der Waals surface area contributed by atoms with Crippen LogP contribution in [0.2, 0.25) is 0 Å². The van der Waals surface area contributed by atoms with Gasteiger partial charge in [-0.05, 0) is 17.7 Å². The number of nitrogens with zero attached hydrogens (tertiary/aromatic N) is 2. The first-order valence-corrected chi connectivity index (χ1v) is 8.17. The number of hydrogen-bond donors (Lipinski definition) is 1. The average Bonchev–Trinajstić information content (AvgIpc) is 3.23. The molecule has 2 amide bonds. The zero-order valence-corrected chi connectivity index (χ0v) is 15.0. The Morgan fingerprint density at radius 3 is 2.62 bits per heavy atom. The molecule has 26 heavy (non-hydrogen) atoms. The fourth-order valence-corrected chi connectivity index (χ4v) is 2.74. The summed E-state index contributed by atoms with van der Waals surface area (Å²) in [6.07, 6.45) is 1.57. The Kier molecular flexibility index (Phi) is 4.97. The van der Waals surface area contributed by atoms with Crippen molar-refractivity contribution in [3.8, 4) is 5.75 Å². The smallest absolute Gasteiger partial charge is 0.268 e.